The number of amides is 1. The van der Waals surface area contributed by atoms with E-state index in [0.29, 0.717) is 17.4 Å². The number of carbonyl (C=O) groups is 1. The first-order valence-corrected chi connectivity index (χ1v) is 8.49. The number of piperidine rings is 1. The third-order valence-electron chi connectivity index (χ3n) is 4.53. The molecule has 3 rings (SSSR count). The Labute approximate surface area is 146 Å². The number of halogens is 1. The molecule has 1 aromatic carbocycles. The number of benzene rings is 1. The van der Waals surface area contributed by atoms with Gasteiger partial charge in [0.05, 0.1) is 5.69 Å². The molecule has 0 radical (unpaired) electrons. The van der Waals surface area contributed by atoms with Crippen LogP contribution in [0.15, 0.2) is 24.3 Å². The van der Waals surface area contributed by atoms with E-state index >= 15 is 0 Å². The Hall–Kier alpha value is -1.92. The highest BCUT2D eigenvalue weighted by Gasteiger charge is 2.31. The summed E-state index contributed by atoms with van der Waals surface area (Å²) in [5.41, 5.74) is 0.809. The molecule has 128 valence electrons. The zero-order valence-electron chi connectivity index (χ0n) is 13.8. The van der Waals surface area contributed by atoms with Crippen molar-refractivity contribution in [2.45, 2.75) is 32.7 Å². The van der Waals surface area contributed by atoms with Crippen LogP contribution in [0.1, 0.15) is 36.2 Å². The quantitative estimate of drug-likeness (QED) is 0.924. The van der Waals surface area contributed by atoms with Crippen molar-refractivity contribution in [1.29, 1.82) is 0 Å². The first-order chi connectivity index (χ1) is 11.5. The normalized spacial score (nSPS) is 21.1. The van der Waals surface area contributed by atoms with Crippen LogP contribution in [0.5, 0.6) is 0 Å². The fourth-order valence-electron chi connectivity index (χ4n) is 3.05. The molecule has 2 atom stereocenters. The number of aromatic nitrogens is 3. The summed E-state index contributed by atoms with van der Waals surface area (Å²) in [5.74, 6) is 0.776. The second kappa shape index (κ2) is 6.91. The van der Waals surface area contributed by atoms with E-state index in [4.69, 9.17) is 11.6 Å². The first kappa shape index (κ1) is 16.9. The Morgan fingerprint density at radius 3 is 2.71 bits per heavy atom. The molecule has 1 saturated heterocycles. The molecule has 0 bridgehead atoms. The standard InChI is InChI=1S/C17H21ClN4O2/c1-11-3-4-13(10-23)9-21(11)17(24)16-19-12(2)22(20-16)15-7-5-14(18)6-8-15/h5-8,11,13,23H,3-4,9-10H2,1-2H3. The number of carbonyl (C=O) groups excluding carboxylic acids is 1. The van der Waals surface area contributed by atoms with Gasteiger partial charge in [-0.25, -0.2) is 9.67 Å². The molecule has 1 aliphatic rings. The molecule has 1 N–H and O–H groups in total. The van der Waals surface area contributed by atoms with Gasteiger partial charge in [0.1, 0.15) is 5.82 Å². The summed E-state index contributed by atoms with van der Waals surface area (Å²) < 4.78 is 1.64. The van der Waals surface area contributed by atoms with Crippen LogP contribution in [0.4, 0.5) is 0 Å². The van der Waals surface area contributed by atoms with Crippen LogP contribution in [0.3, 0.4) is 0 Å². The molecule has 0 spiro atoms. The van der Waals surface area contributed by atoms with Gasteiger partial charge in [-0.1, -0.05) is 11.6 Å². The predicted molar refractivity (Wildman–Crippen MR) is 91.4 cm³/mol. The van der Waals surface area contributed by atoms with Gasteiger partial charge in [0, 0.05) is 24.2 Å². The van der Waals surface area contributed by atoms with Crippen molar-refractivity contribution in [2.75, 3.05) is 13.2 Å². The number of rotatable bonds is 3. The van der Waals surface area contributed by atoms with E-state index in [1.807, 2.05) is 26.0 Å². The fourth-order valence-corrected chi connectivity index (χ4v) is 3.18. The molecular formula is C17H21ClN4O2. The lowest BCUT2D eigenvalue weighted by Crippen LogP contribution is -2.46. The third kappa shape index (κ3) is 3.30. The molecule has 1 fully saturated rings. The van der Waals surface area contributed by atoms with Crippen molar-refractivity contribution in [3.63, 3.8) is 0 Å². The number of nitrogens with zero attached hydrogens (tertiary/aromatic N) is 4. The van der Waals surface area contributed by atoms with Crippen molar-refractivity contribution < 1.29 is 9.90 Å². The lowest BCUT2D eigenvalue weighted by molar-refractivity contribution is 0.0477. The summed E-state index contributed by atoms with van der Waals surface area (Å²) >= 11 is 5.91. The predicted octanol–water partition coefficient (Wildman–Crippen LogP) is 2.46. The Morgan fingerprint density at radius 1 is 1.33 bits per heavy atom. The minimum Gasteiger partial charge on any atom is -0.396 e. The lowest BCUT2D eigenvalue weighted by atomic mass is 9.94. The van der Waals surface area contributed by atoms with E-state index in [0.717, 1.165) is 18.5 Å². The van der Waals surface area contributed by atoms with Gasteiger partial charge in [-0.15, -0.1) is 5.10 Å². The van der Waals surface area contributed by atoms with Crippen LogP contribution in [-0.4, -0.2) is 49.9 Å². The van der Waals surface area contributed by atoms with Gasteiger partial charge < -0.3 is 10.0 Å². The summed E-state index contributed by atoms with van der Waals surface area (Å²) in [7, 11) is 0. The highest BCUT2D eigenvalue weighted by molar-refractivity contribution is 6.30. The van der Waals surface area contributed by atoms with E-state index < -0.39 is 0 Å². The molecular weight excluding hydrogens is 328 g/mol. The van der Waals surface area contributed by atoms with Gasteiger partial charge in [0.25, 0.3) is 5.91 Å². The van der Waals surface area contributed by atoms with Crippen molar-refractivity contribution in [3.8, 4) is 5.69 Å². The first-order valence-electron chi connectivity index (χ1n) is 8.11. The zero-order valence-corrected chi connectivity index (χ0v) is 14.6. The van der Waals surface area contributed by atoms with Gasteiger partial charge in [-0.05, 0) is 56.9 Å². The number of aryl methyl sites for hydroxylation is 1. The van der Waals surface area contributed by atoms with Crippen LogP contribution in [0, 0.1) is 12.8 Å². The molecule has 7 heteroatoms. The average molecular weight is 349 g/mol. The molecule has 2 aromatic rings. The maximum atomic E-state index is 12.8. The average Bonchev–Trinajstić information content (AvgIpc) is 2.97. The largest absolute Gasteiger partial charge is 0.396 e. The highest BCUT2D eigenvalue weighted by atomic mass is 35.5. The Balaban J connectivity index is 1.86. The van der Waals surface area contributed by atoms with Gasteiger partial charge in [-0.3, -0.25) is 4.79 Å². The lowest BCUT2D eigenvalue weighted by Gasteiger charge is -2.36. The van der Waals surface area contributed by atoms with E-state index in [1.54, 1.807) is 21.7 Å². The molecule has 0 saturated carbocycles. The maximum Gasteiger partial charge on any atom is 0.293 e. The van der Waals surface area contributed by atoms with E-state index in [9.17, 15) is 9.90 Å². The smallest absolute Gasteiger partial charge is 0.293 e. The van der Waals surface area contributed by atoms with Gasteiger partial charge >= 0.3 is 0 Å². The number of hydrogen-bond donors (Lipinski definition) is 1. The van der Waals surface area contributed by atoms with Crippen LogP contribution < -0.4 is 0 Å². The van der Waals surface area contributed by atoms with Crippen LogP contribution >= 0.6 is 11.6 Å². The second-order valence-corrected chi connectivity index (χ2v) is 6.74. The van der Waals surface area contributed by atoms with Crippen molar-refractivity contribution >= 4 is 17.5 Å². The molecule has 0 aliphatic carbocycles. The summed E-state index contributed by atoms with van der Waals surface area (Å²) in [6, 6.07) is 7.35. The molecule has 24 heavy (non-hydrogen) atoms. The molecule has 1 aliphatic heterocycles. The second-order valence-electron chi connectivity index (χ2n) is 6.30. The Morgan fingerprint density at radius 2 is 2.04 bits per heavy atom. The monoisotopic (exact) mass is 348 g/mol. The minimum atomic E-state index is -0.184. The van der Waals surface area contributed by atoms with Crippen LogP contribution in [0.2, 0.25) is 5.02 Å². The molecule has 2 heterocycles. The number of hydrogen-bond acceptors (Lipinski definition) is 4. The molecule has 6 nitrogen and oxygen atoms in total. The molecule has 2 unspecified atom stereocenters. The van der Waals surface area contributed by atoms with Crippen molar-refractivity contribution in [3.05, 3.63) is 40.9 Å². The van der Waals surface area contributed by atoms with E-state index in [1.165, 1.54) is 0 Å². The van der Waals surface area contributed by atoms with Crippen LogP contribution in [0.25, 0.3) is 5.69 Å². The van der Waals surface area contributed by atoms with Gasteiger partial charge in [0.2, 0.25) is 5.82 Å². The fraction of sp³-hybridized carbons (Fsp3) is 0.471. The topological polar surface area (TPSA) is 71.2 Å². The summed E-state index contributed by atoms with van der Waals surface area (Å²) in [4.78, 5) is 18.9. The Bertz CT molecular complexity index is 729. The highest BCUT2D eigenvalue weighted by Crippen LogP contribution is 2.23. The number of aliphatic hydroxyl groups is 1. The van der Waals surface area contributed by atoms with Gasteiger partial charge in [-0.2, -0.15) is 0 Å². The van der Waals surface area contributed by atoms with E-state index in [-0.39, 0.29) is 30.3 Å². The minimum absolute atomic E-state index is 0.0994. The molecule has 1 aromatic heterocycles. The van der Waals surface area contributed by atoms with Crippen LogP contribution in [-0.2, 0) is 0 Å². The number of likely N-dealkylation sites (tertiary alicyclic amines) is 1. The zero-order chi connectivity index (χ0) is 17.3. The van der Waals surface area contributed by atoms with Crippen molar-refractivity contribution in [1.82, 2.24) is 19.7 Å². The summed E-state index contributed by atoms with van der Waals surface area (Å²) in [6.07, 6.45) is 1.82. The van der Waals surface area contributed by atoms with E-state index in [2.05, 4.69) is 10.1 Å². The Kier molecular flexibility index (Phi) is 4.87. The molecule has 1 amide bonds. The number of aliphatic hydroxyl groups excluding tert-OH is 1. The van der Waals surface area contributed by atoms with Gasteiger partial charge in [0.15, 0.2) is 0 Å². The maximum absolute atomic E-state index is 12.8. The third-order valence-corrected chi connectivity index (χ3v) is 4.78. The summed E-state index contributed by atoms with van der Waals surface area (Å²) in [5, 5.41) is 14.4. The van der Waals surface area contributed by atoms with Crippen molar-refractivity contribution in [2.24, 2.45) is 5.92 Å². The SMILES string of the molecule is Cc1nc(C(=O)N2CC(CO)CCC2C)nn1-c1ccc(Cl)cc1. The summed E-state index contributed by atoms with van der Waals surface area (Å²) in [6.45, 7) is 4.48.